The minimum atomic E-state index is -0.768. The van der Waals surface area contributed by atoms with E-state index in [0.717, 1.165) is 23.8 Å². The maximum atomic E-state index is 13.9. The van der Waals surface area contributed by atoms with Gasteiger partial charge in [0, 0.05) is 36.3 Å². The van der Waals surface area contributed by atoms with Gasteiger partial charge in [-0.1, -0.05) is 18.2 Å². The average molecular weight is 498 g/mol. The molecule has 1 saturated heterocycles. The van der Waals surface area contributed by atoms with Gasteiger partial charge in [-0.15, -0.1) is 16.9 Å². The van der Waals surface area contributed by atoms with Crippen LogP contribution in [-0.2, 0) is 16.1 Å². The number of benzene rings is 1. The highest BCUT2D eigenvalue weighted by Crippen LogP contribution is 2.35. The zero-order valence-corrected chi connectivity index (χ0v) is 19.9. The number of halogens is 1. The lowest BCUT2D eigenvalue weighted by atomic mass is 10.2. The summed E-state index contributed by atoms with van der Waals surface area (Å²) >= 11 is 1.49. The van der Waals surface area contributed by atoms with Gasteiger partial charge in [-0.05, 0) is 12.1 Å². The van der Waals surface area contributed by atoms with Crippen molar-refractivity contribution in [2.75, 3.05) is 48.9 Å². The van der Waals surface area contributed by atoms with E-state index in [2.05, 4.69) is 25.3 Å². The second kappa shape index (κ2) is 10.0. The van der Waals surface area contributed by atoms with E-state index in [4.69, 9.17) is 4.74 Å². The van der Waals surface area contributed by atoms with E-state index in [-0.39, 0.29) is 24.1 Å². The average Bonchev–Trinajstić information content (AvgIpc) is 3.32. The normalized spacial score (nSPS) is 18.2. The van der Waals surface area contributed by atoms with Crippen LogP contribution in [0.2, 0.25) is 0 Å². The summed E-state index contributed by atoms with van der Waals surface area (Å²) in [6.45, 7) is 2.98. The van der Waals surface area contributed by atoms with Crippen molar-refractivity contribution >= 4 is 35.1 Å². The summed E-state index contributed by atoms with van der Waals surface area (Å²) in [4.78, 5) is 39.1. The molecule has 2 amide bonds. The van der Waals surface area contributed by atoms with Crippen LogP contribution in [0.25, 0.3) is 0 Å². The number of carbonyl (C=O) groups is 2. The molecule has 0 aliphatic carbocycles. The van der Waals surface area contributed by atoms with Crippen LogP contribution in [0.1, 0.15) is 16.2 Å². The quantitative estimate of drug-likeness (QED) is 0.566. The molecule has 0 saturated carbocycles. The monoisotopic (exact) mass is 497 g/mol. The van der Waals surface area contributed by atoms with Crippen LogP contribution in [-0.4, -0.2) is 76.7 Å². The van der Waals surface area contributed by atoms with Crippen molar-refractivity contribution in [1.82, 2.24) is 25.1 Å². The molecule has 2 aromatic heterocycles. The zero-order valence-electron chi connectivity index (χ0n) is 19.1. The lowest BCUT2D eigenvalue weighted by Gasteiger charge is -2.28. The maximum absolute atomic E-state index is 13.9. The van der Waals surface area contributed by atoms with Crippen molar-refractivity contribution in [2.24, 2.45) is 0 Å². The van der Waals surface area contributed by atoms with E-state index >= 15 is 0 Å². The van der Waals surface area contributed by atoms with Crippen LogP contribution in [0.3, 0.4) is 0 Å². The number of nitrogens with one attached hydrogen (secondary N) is 1. The van der Waals surface area contributed by atoms with Gasteiger partial charge >= 0.3 is 0 Å². The highest BCUT2D eigenvalue weighted by molar-refractivity contribution is 7.99. The minimum Gasteiger partial charge on any atom is -0.378 e. The maximum Gasteiger partial charge on any atom is 0.291 e. The Morgan fingerprint density at radius 1 is 1.26 bits per heavy atom. The molecule has 10 nitrogen and oxygen atoms in total. The molecule has 1 atom stereocenters. The number of anilines is 2. The van der Waals surface area contributed by atoms with Crippen LogP contribution in [0.4, 0.5) is 15.9 Å². The van der Waals surface area contributed by atoms with Gasteiger partial charge in [-0.2, -0.15) is 0 Å². The fraction of sp³-hybridized carbons (Fsp3) is 0.348. The zero-order chi connectivity index (χ0) is 24.4. The number of pyridine rings is 1. The molecule has 5 rings (SSSR count). The number of ether oxygens (including phenoxy) is 1. The summed E-state index contributed by atoms with van der Waals surface area (Å²) in [6, 6.07) is 7.55. The smallest absolute Gasteiger partial charge is 0.291 e. The molecule has 182 valence electrons. The summed E-state index contributed by atoms with van der Waals surface area (Å²) in [7, 11) is 1.67. The fourth-order valence-corrected chi connectivity index (χ4v) is 5.05. The highest BCUT2D eigenvalue weighted by Gasteiger charge is 2.31. The van der Waals surface area contributed by atoms with E-state index in [1.807, 2.05) is 6.07 Å². The van der Waals surface area contributed by atoms with Gasteiger partial charge in [-0.25, -0.2) is 19.0 Å². The Kier molecular flexibility index (Phi) is 6.64. The Morgan fingerprint density at radius 3 is 2.86 bits per heavy atom. The number of amides is 2. The molecule has 2 aliphatic heterocycles. The first kappa shape index (κ1) is 23.2. The molecule has 1 aromatic carbocycles. The molecule has 1 fully saturated rings. The molecule has 1 N–H and O–H groups in total. The van der Waals surface area contributed by atoms with E-state index in [9.17, 15) is 14.0 Å². The largest absolute Gasteiger partial charge is 0.378 e. The minimum absolute atomic E-state index is 0.0835. The molecular weight excluding hydrogens is 473 g/mol. The summed E-state index contributed by atoms with van der Waals surface area (Å²) < 4.78 is 20.7. The number of likely N-dealkylation sites (N-methyl/N-ethyl adjacent to an activating group) is 1. The Hall–Kier alpha value is -3.51. The van der Waals surface area contributed by atoms with Crippen LogP contribution in [0, 0.1) is 5.82 Å². The molecule has 12 heteroatoms. The van der Waals surface area contributed by atoms with Crippen LogP contribution in [0.15, 0.2) is 47.8 Å². The lowest BCUT2D eigenvalue weighted by molar-refractivity contribution is -0.119. The first-order chi connectivity index (χ1) is 17.0. The molecule has 0 unspecified atom stereocenters. The summed E-state index contributed by atoms with van der Waals surface area (Å²) in [6.07, 6.45) is 3.06. The van der Waals surface area contributed by atoms with Gasteiger partial charge in [0.1, 0.15) is 24.0 Å². The van der Waals surface area contributed by atoms with Gasteiger partial charge in [-0.3, -0.25) is 9.59 Å². The van der Waals surface area contributed by atoms with Crippen LogP contribution >= 0.6 is 11.8 Å². The number of hydrogen-bond donors (Lipinski definition) is 1. The van der Waals surface area contributed by atoms with E-state index in [0.29, 0.717) is 30.2 Å². The number of thioether (sulfide) groups is 1. The van der Waals surface area contributed by atoms with Crippen molar-refractivity contribution in [1.29, 1.82) is 0 Å². The predicted molar refractivity (Wildman–Crippen MR) is 128 cm³/mol. The molecule has 0 radical (unpaired) electrons. The summed E-state index contributed by atoms with van der Waals surface area (Å²) in [5, 5.41) is 6.90. The third kappa shape index (κ3) is 4.98. The number of carbonyl (C=O) groups excluding carboxylic acids is 2. The second-order valence-corrected chi connectivity index (χ2v) is 9.26. The van der Waals surface area contributed by atoms with E-state index in [1.165, 1.54) is 33.7 Å². The number of morpholine rings is 1. The summed E-state index contributed by atoms with van der Waals surface area (Å²) in [5.74, 6) is -0.0694. The first-order valence-electron chi connectivity index (χ1n) is 11.2. The Bertz CT molecular complexity index is 1250. The van der Waals surface area contributed by atoms with Gasteiger partial charge in [0.15, 0.2) is 0 Å². The number of aromatic nitrogens is 4. The van der Waals surface area contributed by atoms with Crippen molar-refractivity contribution in [3.8, 4) is 0 Å². The molecule has 3 aromatic rings. The van der Waals surface area contributed by atoms with Crippen LogP contribution < -0.4 is 15.1 Å². The number of rotatable bonds is 5. The highest BCUT2D eigenvalue weighted by atomic mass is 32.2. The fourth-order valence-electron chi connectivity index (χ4n) is 3.95. The number of fused-ring (bicyclic) bond motifs is 1. The predicted octanol–water partition coefficient (Wildman–Crippen LogP) is 1.56. The van der Waals surface area contributed by atoms with E-state index in [1.54, 1.807) is 31.4 Å². The molecule has 4 heterocycles. The number of nitrogens with zero attached hydrogens (tertiary/aromatic N) is 6. The topological polar surface area (TPSA) is 105 Å². The molecule has 0 spiro atoms. The second-order valence-electron chi connectivity index (χ2n) is 8.20. The van der Waals surface area contributed by atoms with Crippen LogP contribution in [0.5, 0.6) is 0 Å². The Labute approximate surface area is 205 Å². The van der Waals surface area contributed by atoms with Crippen molar-refractivity contribution in [2.45, 2.75) is 17.5 Å². The van der Waals surface area contributed by atoms with Crippen molar-refractivity contribution in [3.63, 3.8) is 0 Å². The lowest BCUT2D eigenvalue weighted by Crippen LogP contribution is -2.48. The van der Waals surface area contributed by atoms with Gasteiger partial charge in [0.25, 0.3) is 5.91 Å². The SMILES string of the molecule is CN1C(=O)[C@@H](NC(=O)c2ncn(Cc3ccccc3F)n2)CSc2cc(N3CCOCC3)ncc21. The molecule has 0 bridgehead atoms. The van der Waals surface area contributed by atoms with E-state index < -0.39 is 11.9 Å². The summed E-state index contributed by atoms with van der Waals surface area (Å²) in [5.41, 5.74) is 1.13. The molecule has 2 aliphatic rings. The first-order valence-corrected chi connectivity index (χ1v) is 12.1. The van der Waals surface area contributed by atoms with Gasteiger partial charge in [0.05, 0.1) is 31.6 Å². The molecular formula is C23H24FN7O3S. The third-order valence-electron chi connectivity index (χ3n) is 5.90. The Morgan fingerprint density at radius 2 is 2.06 bits per heavy atom. The Balaban J connectivity index is 1.27. The van der Waals surface area contributed by atoms with Gasteiger partial charge in [0.2, 0.25) is 11.7 Å². The molecule has 35 heavy (non-hydrogen) atoms. The third-order valence-corrected chi connectivity index (χ3v) is 7.04. The van der Waals surface area contributed by atoms with Gasteiger partial charge < -0.3 is 19.9 Å². The standard InChI is InChI=1S/C23H24FN7O3S/c1-29-18-11-25-20(30-6-8-34-9-7-30)10-19(18)35-13-17(23(29)33)27-22(32)21-26-14-31(28-21)12-15-4-2-3-5-16(15)24/h2-5,10-11,14,17H,6-9,12-13H2,1H3,(H,27,32)/t17-/m0/s1. The van der Waals surface area contributed by atoms with Crippen molar-refractivity contribution < 1.29 is 18.7 Å². The number of hydrogen-bond acceptors (Lipinski definition) is 8. The van der Waals surface area contributed by atoms with Crippen molar-refractivity contribution in [3.05, 3.63) is 60.1 Å².